The van der Waals surface area contributed by atoms with E-state index in [9.17, 15) is 9.90 Å². The van der Waals surface area contributed by atoms with Crippen LogP contribution in [0.3, 0.4) is 0 Å². The van der Waals surface area contributed by atoms with Gasteiger partial charge in [0.25, 0.3) is 0 Å². The van der Waals surface area contributed by atoms with Gasteiger partial charge < -0.3 is 29.4 Å². The Labute approximate surface area is 233 Å². The van der Waals surface area contributed by atoms with Crippen molar-refractivity contribution in [3.05, 3.63) is 47.7 Å². The van der Waals surface area contributed by atoms with E-state index in [1.807, 2.05) is 24.3 Å². The Morgan fingerprint density at radius 2 is 1.46 bits per heavy atom. The number of allylic oxidation sites excluding steroid dienone is 1. The number of hydrogen-bond donors (Lipinski definition) is 2. The van der Waals surface area contributed by atoms with Crippen LogP contribution in [0.2, 0.25) is 0 Å². The summed E-state index contributed by atoms with van der Waals surface area (Å²) in [6, 6.07) is 6.99. The topological polar surface area (TPSA) is 86.3 Å². The first-order chi connectivity index (χ1) is 18.8. The average Bonchev–Trinajstić information content (AvgIpc) is 2.94. The summed E-state index contributed by atoms with van der Waals surface area (Å²) in [5, 5.41) is 13.7. The number of unbranched alkanes of at least 4 members (excludes halogenated alkanes) is 3. The summed E-state index contributed by atoms with van der Waals surface area (Å²) in [5.41, 5.74) is 1.83. The Balaban J connectivity index is 2.35. The predicted molar refractivity (Wildman–Crippen MR) is 159 cm³/mol. The minimum atomic E-state index is -0.370. The number of carbonyl (C=O) groups is 1. The second-order valence-electron chi connectivity index (χ2n) is 9.87. The molecule has 0 saturated carbocycles. The molecular formula is C32H45NO6. The number of ketones is 1. The van der Waals surface area contributed by atoms with Crippen LogP contribution in [0, 0.1) is 5.41 Å². The molecule has 7 nitrogen and oxygen atoms in total. The second-order valence-corrected chi connectivity index (χ2v) is 9.87. The maximum Gasteiger partial charge on any atom is 0.203 e. The Hall–Kier alpha value is -3.61. The third-order valence-corrected chi connectivity index (χ3v) is 6.98. The minimum absolute atomic E-state index is 0.00992. The molecule has 2 aromatic rings. The van der Waals surface area contributed by atoms with Gasteiger partial charge in [0, 0.05) is 28.9 Å². The van der Waals surface area contributed by atoms with Gasteiger partial charge in [-0.15, -0.1) is 0 Å². The standard InChI is InChI=1S/C32H45NO6/c1-8-10-12-17-32(3,16-11-9-2)30(35)15-18-33-25-22-27(36-4)26(34)21-24(25)14-13-23-19-28(37-5)31(39-7)29(20-23)38-6/h13-15,18-22,33-34H,8-12,16-17H2,1-7H3/b14-13-,18-15-. The lowest BCUT2D eigenvalue weighted by molar-refractivity contribution is -0.123. The number of aromatic hydroxyl groups is 1. The van der Waals surface area contributed by atoms with E-state index < -0.39 is 0 Å². The van der Waals surface area contributed by atoms with Crippen LogP contribution in [0.15, 0.2) is 36.5 Å². The summed E-state index contributed by atoms with van der Waals surface area (Å²) >= 11 is 0. The highest BCUT2D eigenvalue weighted by molar-refractivity contribution is 5.95. The van der Waals surface area contributed by atoms with Gasteiger partial charge in [-0.05, 0) is 42.7 Å². The van der Waals surface area contributed by atoms with Crippen molar-refractivity contribution in [2.24, 2.45) is 5.41 Å². The first kappa shape index (κ1) is 31.6. The van der Waals surface area contributed by atoms with E-state index in [1.54, 1.807) is 45.7 Å². The first-order valence-corrected chi connectivity index (χ1v) is 13.6. The Morgan fingerprint density at radius 3 is 2.03 bits per heavy atom. The zero-order valence-corrected chi connectivity index (χ0v) is 24.6. The minimum Gasteiger partial charge on any atom is -0.504 e. The lowest BCUT2D eigenvalue weighted by Gasteiger charge is -2.27. The molecule has 1 unspecified atom stereocenters. The van der Waals surface area contributed by atoms with E-state index in [0.717, 1.165) is 50.5 Å². The molecule has 1 atom stereocenters. The van der Waals surface area contributed by atoms with E-state index in [0.29, 0.717) is 34.2 Å². The van der Waals surface area contributed by atoms with Crippen molar-refractivity contribution >= 4 is 23.6 Å². The molecule has 0 aliphatic carbocycles. The molecule has 2 aromatic carbocycles. The highest BCUT2D eigenvalue weighted by atomic mass is 16.5. The molecule has 0 bridgehead atoms. The number of methoxy groups -OCH3 is 4. The zero-order valence-electron chi connectivity index (χ0n) is 24.6. The quantitative estimate of drug-likeness (QED) is 0.0915. The number of hydrogen-bond acceptors (Lipinski definition) is 7. The molecule has 2 N–H and O–H groups in total. The van der Waals surface area contributed by atoms with Crippen molar-refractivity contribution in [1.82, 2.24) is 0 Å². The molecule has 2 rings (SSSR count). The van der Waals surface area contributed by atoms with Gasteiger partial charge >= 0.3 is 0 Å². The summed E-state index contributed by atoms with van der Waals surface area (Å²) in [5.74, 6) is 2.06. The molecule has 0 saturated heterocycles. The number of nitrogens with one attached hydrogen (secondary N) is 1. The summed E-state index contributed by atoms with van der Waals surface area (Å²) in [4.78, 5) is 13.3. The summed E-state index contributed by atoms with van der Waals surface area (Å²) in [6.45, 7) is 6.41. The van der Waals surface area contributed by atoms with Crippen LogP contribution in [0.5, 0.6) is 28.7 Å². The maximum absolute atomic E-state index is 13.3. The van der Waals surface area contributed by atoms with Crippen LogP contribution in [-0.2, 0) is 4.79 Å². The third kappa shape index (κ3) is 8.70. The van der Waals surface area contributed by atoms with Crippen LogP contribution in [0.4, 0.5) is 5.69 Å². The van der Waals surface area contributed by atoms with Gasteiger partial charge in [0.05, 0.1) is 28.4 Å². The van der Waals surface area contributed by atoms with E-state index in [2.05, 4.69) is 26.1 Å². The van der Waals surface area contributed by atoms with Gasteiger partial charge in [-0.3, -0.25) is 4.79 Å². The number of ether oxygens (including phenoxy) is 4. The molecule has 0 radical (unpaired) electrons. The van der Waals surface area contributed by atoms with Crippen molar-refractivity contribution in [1.29, 1.82) is 0 Å². The fraction of sp³-hybridized carbons (Fsp3) is 0.469. The highest BCUT2D eigenvalue weighted by Crippen LogP contribution is 2.39. The molecule has 39 heavy (non-hydrogen) atoms. The van der Waals surface area contributed by atoms with Crippen molar-refractivity contribution in [3.8, 4) is 28.7 Å². The summed E-state index contributed by atoms with van der Waals surface area (Å²) < 4.78 is 21.6. The average molecular weight is 540 g/mol. The lowest BCUT2D eigenvalue weighted by atomic mass is 9.76. The number of benzene rings is 2. The van der Waals surface area contributed by atoms with Gasteiger partial charge in [0.1, 0.15) is 0 Å². The second kappa shape index (κ2) is 15.7. The highest BCUT2D eigenvalue weighted by Gasteiger charge is 2.29. The fourth-order valence-electron chi connectivity index (χ4n) is 4.51. The van der Waals surface area contributed by atoms with Crippen molar-refractivity contribution < 1.29 is 28.8 Å². The number of carbonyl (C=O) groups excluding carboxylic acids is 1. The normalized spacial score (nSPS) is 12.9. The molecule has 0 amide bonds. The number of rotatable bonds is 17. The van der Waals surface area contributed by atoms with Crippen LogP contribution in [-0.4, -0.2) is 39.3 Å². The van der Waals surface area contributed by atoms with E-state index in [1.165, 1.54) is 7.11 Å². The molecule has 0 fully saturated rings. The SMILES string of the molecule is CCCCCC(C)(CCCC)C(=O)/C=C\Nc1cc(OC)c(O)cc1/C=C\c1cc(OC)c(OC)c(OC)c1. The number of phenolic OH excluding ortho intramolecular Hbond substituents is 1. The van der Waals surface area contributed by atoms with Crippen LogP contribution >= 0.6 is 0 Å². The molecule has 0 aliphatic heterocycles. The molecule has 214 valence electrons. The summed E-state index contributed by atoms with van der Waals surface area (Å²) in [6.07, 6.45) is 14.2. The molecule has 0 spiro atoms. The summed E-state index contributed by atoms with van der Waals surface area (Å²) in [7, 11) is 6.20. The lowest BCUT2D eigenvalue weighted by Crippen LogP contribution is -2.26. The smallest absolute Gasteiger partial charge is 0.203 e. The van der Waals surface area contributed by atoms with Crippen molar-refractivity contribution in [2.45, 2.75) is 65.7 Å². The zero-order chi connectivity index (χ0) is 28.8. The van der Waals surface area contributed by atoms with Gasteiger partial charge in [0.2, 0.25) is 5.75 Å². The fourth-order valence-corrected chi connectivity index (χ4v) is 4.51. The van der Waals surface area contributed by atoms with E-state index >= 15 is 0 Å². The number of anilines is 1. The third-order valence-electron chi connectivity index (χ3n) is 6.98. The van der Waals surface area contributed by atoms with Crippen LogP contribution < -0.4 is 24.3 Å². The number of phenols is 1. The van der Waals surface area contributed by atoms with E-state index in [4.69, 9.17) is 18.9 Å². The first-order valence-electron chi connectivity index (χ1n) is 13.6. The van der Waals surface area contributed by atoms with Gasteiger partial charge in [0.15, 0.2) is 28.8 Å². The maximum atomic E-state index is 13.3. The Morgan fingerprint density at radius 1 is 0.846 bits per heavy atom. The van der Waals surface area contributed by atoms with E-state index in [-0.39, 0.29) is 16.9 Å². The van der Waals surface area contributed by atoms with Crippen LogP contribution in [0.1, 0.15) is 76.8 Å². The molecular weight excluding hydrogens is 494 g/mol. The molecule has 7 heteroatoms. The molecule has 0 aliphatic rings. The Bertz CT molecular complexity index is 1110. The van der Waals surface area contributed by atoms with Gasteiger partial charge in [-0.2, -0.15) is 0 Å². The largest absolute Gasteiger partial charge is 0.504 e. The van der Waals surface area contributed by atoms with Crippen molar-refractivity contribution in [2.75, 3.05) is 33.8 Å². The van der Waals surface area contributed by atoms with Gasteiger partial charge in [-0.1, -0.05) is 65.0 Å². The Kier molecular flexibility index (Phi) is 12.7. The molecule has 0 aromatic heterocycles. The predicted octanol–water partition coefficient (Wildman–Crippen LogP) is 7.87. The monoisotopic (exact) mass is 539 g/mol. The van der Waals surface area contributed by atoms with Crippen molar-refractivity contribution in [3.63, 3.8) is 0 Å². The van der Waals surface area contributed by atoms with Crippen LogP contribution in [0.25, 0.3) is 12.2 Å². The molecule has 0 heterocycles. The van der Waals surface area contributed by atoms with Gasteiger partial charge in [-0.25, -0.2) is 0 Å².